The van der Waals surface area contributed by atoms with Crippen molar-refractivity contribution in [2.75, 3.05) is 18.6 Å². The highest BCUT2D eigenvalue weighted by Crippen LogP contribution is 2.15. The molecule has 0 aliphatic rings. The highest BCUT2D eigenvalue weighted by molar-refractivity contribution is 5.98. The van der Waals surface area contributed by atoms with Crippen LogP contribution in [0.4, 0.5) is 10.5 Å². The van der Waals surface area contributed by atoms with Gasteiger partial charge in [0.15, 0.2) is 5.84 Å². The molecule has 1 aromatic carbocycles. The van der Waals surface area contributed by atoms with E-state index in [0.717, 1.165) is 0 Å². The topological polar surface area (TPSA) is 88.2 Å². The maximum Gasteiger partial charge on any atom is 0.413 e. The van der Waals surface area contributed by atoms with E-state index in [0.29, 0.717) is 17.9 Å². The predicted octanol–water partition coefficient (Wildman–Crippen LogP) is 1.37. The minimum absolute atomic E-state index is 0.0101. The van der Waals surface area contributed by atoms with Gasteiger partial charge in [-0.2, -0.15) is 0 Å². The van der Waals surface area contributed by atoms with Crippen LogP contribution in [0.5, 0.6) is 0 Å². The minimum atomic E-state index is -0.454. The van der Waals surface area contributed by atoms with Crippen LogP contribution in [-0.2, 0) is 4.74 Å². The third-order valence-electron chi connectivity index (χ3n) is 2.18. The largest absolute Gasteiger partial charge is 0.449 e. The first kappa shape index (κ1) is 12.8. The van der Waals surface area contributed by atoms with Crippen molar-refractivity contribution >= 4 is 17.6 Å². The Morgan fingerprint density at radius 3 is 2.88 bits per heavy atom. The summed E-state index contributed by atoms with van der Waals surface area (Å²) < 4.78 is 4.86. The lowest BCUT2D eigenvalue weighted by Crippen LogP contribution is -2.27. The van der Waals surface area contributed by atoms with Gasteiger partial charge in [-0.15, -0.1) is 0 Å². The van der Waals surface area contributed by atoms with Crippen molar-refractivity contribution < 1.29 is 14.7 Å². The Morgan fingerprint density at radius 1 is 1.59 bits per heavy atom. The van der Waals surface area contributed by atoms with Crippen molar-refractivity contribution in [1.29, 1.82) is 0 Å². The molecule has 0 saturated heterocycles. The number of anilines is 1. The predicted molar refractivity (Wildman–Crippen MR) is 64.4 cm³/mol. The van der Waals surface area contributed by atoms with Crippen molar-refractivity contribution in [2.45, 2.75) is 6.92 Å². The number of ether oxygens (including phenoxy) is 1. The van der Waals surface area contributed by atoms with E-state index in [-0.39, 0.29) is 5.84 Å². The monoisotopic (exact) mass is 237 g/mol. The van der Waals surface area contributed by atoms with Gasteiger partial charge in [-0.05, 0) is 19.1 Å². The van der Waals surface area contributed by atoms with Crippen LogP contribution in [0.25, 0.3) is 0 Å². The third-order valence-corrected chi connectivity index (χ3v) is 2.18. The normalized spacial score (nSPS) is 11.1. The lowest BCUT2D eigenvalue weighted by atomic mass is 10.2. The summed E-state index contributed by atoms with van der Waals surface area (Å²) in [5.74, 6) is -0.0101. The summed E-state index contributed by atoms with van der Waals surface area (Å²) in [5.41, 5.74) is 6.60. The number of hydrogen-bond donors (Lipinski definition) is 2. The van der Waals surface area contributed by atoms with Crippen LogP contribution in [0.15, 0.2) is 29.4 Å². The van der Waals surface area contributed by atoms with Gasteiger partial charge < -0.3 is 15.7 Å². The molecular formula is C11H15N3O3. The maximum absolute atomic E-state index is 11.5. The van der Waals surface area contributed by atoms with Gasteiger partial charge in [0.1, 0.15) is 0 Å². The average Bonchev–Trinajstić information content (AvgIpc) is 2.37. The summed E-state index contributed by atoms with van der Waals surface area (Å²) in [7, 11) is 1.59. The third kappa shape index (κ3) is 3.10. The van der Waals surface area contributed by atoms with Crippen LogP contribution < -0.4 is 10.6 Å². The summed E-state index contributed by atoms with van der Waals surface area (Å²) in [6.45, 7) is 2.04. The summed E-state index contributed by atoms with van der Waals surface area (Å²) >= 11 is 0. The van der Waals surface area contributed by atoms with Crippen LogP contribution in [0.2, 0.25) is 0 Å². The van der Waals surface area contributed by atoms with Gasteiger partial charge in [0, 0.05) is 18.3 Å². The molecule has 1 rings (SSSR count). The fourth-order valence-corrected chi connectivity index (χ4v) is 1.26. The van der Waals surface area contributed by atoms with Crippen molar-refractivity contribution in [3.05, 3.63) is 29.8 Å². The number of nitrogens with zero attached hydrogens (tertiary/aromatic N) is 2. The zero-order valence-electron chi connectivity index (χ0n) is 9.75. The van der Waals surface area contributed by atoms with E-state index in [1.165, 1.54) is 4.90 Å². The van der Waals surface area contributed by atoms with E-state index < -0.39 is 6.09 Å². The molecule has 0 unspecified atom stereocenters. The molecule has 0 aliphatic heterocycles. The Kier molecular flexibility index (Phi) is 4.33. The Hall–Kier alpha value is -2.24. The van der Waals surface area contributed by atoms with Gasteiger partial charge in [0.2, 0.25) is 0 Å². The molecule has 6 nitrogen and oxygen atoms in total. The zero-order chi connectivity index (χ0) is 12.8. The molecule has 0 fully saturated rings. The Labute approximate surface area is 99.3 Å². The second-order valence-corrected chi connectivity index (χ2v) is 3.29. The number of carbonyl (C=O) groups is 1. The quantitative estimate of drug-likeness (QED) is 0.359. The number of amidine groups is 1. The highest BCUT2D eigenvalue weighted by atomic mass is 16.6. The van der Waals surface area contributed by atoms with Gasteiger partial charge in [0.05, 0.1) is 6.61 Å². The molecule has 0 aliphatic carbocycles. The molecule has 0 radical (unpaired) electrons. The number of rotatable bonds is 3. The molecule has 92 valence electrons. The van der Waals surface area contributed by atoms with E-state index in [2.05, 4.69) is 5.16 Å². The van der Waals surface area contributed by atoms with Crippen LogP contribution in [-0.4, -0.2) is 30.8 Å². The van der Waals surface area contributed by atoms with Crippen molar-refractivity contribution in [3.63, 3.8) is 0 Å². The lowest BCUT2D eigenvalue weighted by Gasteiger charge is -2.17. The van der Waals surface area contributed by atoms with E-state index in [1.807, 2.05) is 0 Å². The highest BCUT2D eigenvalue weighted by Gasteiger charge is 2.12. The Balaban J connectivity index is 2.95. The molecule has 3 N–H and O–H groups in total. The maximum atomic E-state index is 11.5. The van der Waals surface area contributed by atoms with E-state index in [9.17, 15) is 4.79 Å². The fraction of sp³-hybridized carbons (Fsp3) is 0.273. The molecule has 17 heavy (non-hydrogen) atoms. The first-order valence-electron chi connectivity index (χ1n) is 5.08. The molecule has 0 aromatic heterocycles. The summed E-state index contributed by atoms with van der Waals surface area (Å²) in [4.78, 5) is 12.8. The van der Waals surface area contributed by atoms with E-state index in [1.54, 1.807) is 38.2 Å². The molecule has 0 atom stereocenters. The first-order chi connectivity index (χ1) is 8.10. The SMILES string of the molecule is CCOC(=O)N(C)c1cccc(C(N)=NO)c1. The second kappa shape index (κ2) is 5.74. The zero-order valence-corrected chi connectivity index (χ0v) is 9.75. The standard InChI is InChI=1S/C11H15N3O3/c1-3-17-11(15)14(2)9-6-4-5-8(7-9)10(12)13-16/h4-7,16H,3H2,1-2H3,(H2,12,13). The average molecular weight is 237 g/mol. The molecule has 0 spiro atoms. The van der Waals surface area contributed by atoms with Crippen molar-refractivity contribution in [2.24, 2.45) is 10.9 Å². The molecule has 0 heterocycles. The van der Waals surface area contributed by atoms with Crippen LogP contribution in [0, 0.1) is 0 Å². The van der Waals surface area contributed by atoms with Gasteiger partial charge in [-0.1, -0.05) is 17.3 Å². The fourth-order valence-electron chi connectivity index (χ4n) is 1.26. The summed E-state index contributed by atoms with van der Waals surface area (Å²) in [6.07, 6.45) is -0.454. The van der Waals surface area contributed by atoms with Gasteiger partial charge >= 0.3 is 6.09 Å². The Bertz CT molecular complexity index is 432. The second-order valence-electron chi connectivity index (χ2n) is 3.29. The van der Waals surface area contributed by atoms with Crippen molar-refractivity contribution in [1.82, 2.24) is 0 Å². The number of carbonyl (C=O) groups excluding carboxylic acids is 1. The lowest BCUT2D eigenvalue weighted by molar-refractivity contribution is 0.161. The first-order valence-corrected chi connectivity index (χ1v) is 5.08. The van der Waals surface area contributed by atoms with Gasteiger partial charge in [-0.3, -0.25) is 4.90 Å². The molecule has 6 heteroatoms. The minimum Gasteiger partial charge on any atom is -0.449 e. The van der Waals surface area contributed by atoms with E-state index in [4.69, 9.17) is 15.7 Å². The Morgan fingerprint density at radius 2 is 2.29 bits per heavy atom. The number of oxime groups is 1. The van der Waals surface area contributed by atoms with Crippen molar-refractivity contribution in [3.8, 4) is 0 Å². The van der Waals surface area contributed by atoms with Crippen LogP contribution >= 0.6 is 0 Å². The molecule has 0 saturated carbocycles. The number of amides is 1. The van der Waals surface area contributed by atoms with Gasteiger partial charge in [0.25, 0.3) is 0 Å². The summed E-state index contributed by atoms with van der Waals surface area (Å²) in [6, 6.07) is 6.74. The van der Waals surface area contributed by atoms with Gasteiger partial charge in [-0.25, -0.2) is 4.79 Å². The number of nitrogens with two attached hydrogens (primary N) is 1. The van der Waals surface area contributed by atoms with Crippen LogP contribution in [0.1, 0.15) is 12.5 Å². The number of hydrogen-bond acceptors (Lipinski definition) is 4. The van der Waals surface area contributed by atoms with E-state index >= 15 is 0 Å². The molecular weight excluding hydrogens is 222 g/mol. The molecule has 1 amide bonds. The van der Waals surface area contributed by atoms with Crippen LogP contribution in [0.3, 0.4) is 0 Å². The molecule has 1 aromatic rings. The smallest absolute Gasteiger partial charge is 0.413 e. The number of benzene rings is 1. The molecule has 0 bridgehead atoms. The summed E-state index contributed by atoms with van der Waals surface area (Å²) in [5, 5.41) is 11.5.